The molecule has 1 aromatic heterocycles. The molecular formula is C20H26N4O2. The lowest BCUT2D eigenvalue weighted by molar-refractivity contribution is -0.121. The highest BCUT2D eigenvalue weighted by Gasteiger charge is 2.10. The van der Waals surface area contributed by atoms with Crippen LogP contribution >= 0.6 is 0 Å². The maximum atomic E-state index is 12.1. The van der Waals surface area contributed by atoms with Crippen molar-refractivity contribution in [1.82, 2.24) is 15.1 Å². The van der Waals surface area contributed by atoms with Gasteiger partial charge in [0.05, 0.1) is 12.2 Å². The van der Waals surface area contributed by atoms with Crippen LogP contribution in [-0.2, 0) is 16.6 Å². The predicted molar refractivity (Wildman–Crippen MR) is 104 cm³/mol. The Morgan fingerprint density at radius 3 is 2.27 bits per heavy atom. The summed E-state index contributed by atoms with van der Waals surface area (Å²) in [6.07, 6.45) is 3.14. The van der Waals surface area contributed by atoms with Gasteiger partial charge in [0.1, 0.15) is 0 Å². The van der Waals surface area contributed by atoms with Gasteiger partial charge in [0, 0.05) is 30.1 Å². The number of nitrogens with zero attached hydrogens (tertiary/aromatic N) is 2. The second-order valence-corrected chi connectivity index (χ2v) is 6.58. The highest BCUT2D eigenvalue weighted by atomic mass is 16.2. The van der Waals surface area contributed by atoms with Crippen LogP contribution in [0.2, 0.25) is 0 Å². The van der Waals surface area contributed by atoms with Gasteiger partial charge < -0.3 is 10.6 Å². The fourth-order valence-electron chi connectivity index (χ4n) is 2.98. The number of hydrogen-bond donors (Lipinski definition) is 2. The van der Waals surface area contributed by atoms with Crippen molar-refractivity contribution in [3.05, 3.63) is 51.9 Å². The lowest BCUT2D eigenvalue weighted by Gasteiger charge is -2.13. The van der Waals surface area contributed by atoms with E-state index in [1.54, 1.807) is 10.8 Å². The zero-order valence-corrected chi connectivity index (χ0v) is 16.2. The van der Waals surface area contributed by atoms with Crippen LogP contribution in [0.5, 0.6) is 0 Å². The van der Waals surface area contributed by atoms with Crippen LogP contribution in [0.25, 0.3) is 6.08 Å². The van der Waals surface area contributed by atoms with Gasteiger partial charge in [-0.3, -0.25) is 14.3 Å². The molecule has 2 rings (SSSR count). The number of anilines is 1. The minimum absolute atomic E-state index is 0.0824. The van der Waals surface area contributed by atoms with E-state index in [-0.39, 0.29) is 18.4 Å². The summed E-state index contributed by atoms with van der Waals surface area (Å²) in [7, 11) is 1.86. The second kappa shape index (κ2) is 7.99. The number of aromatic nitrogens is 2. The van der Waals surface area contributed by atoms with Crippen LogP contribution in [-0.4, -0.2) is 28.1 Å². The highest BCUT2D eigenvalue weighted by molar-refractivity contribution is 5.98. The molecule has 2 amide bonds. The number of rotatable bonds is 5. The molecule has 0 spiro atoms. The van der Waals surface area contributed by atoms with Crippen molar-refractivity contribution in [3.63, 3.8) is 0 Å². The van der Waals surface area contributed by atoms with Gasteiger partial charge in [-0.15, -0.1) is 0 Å². The molecule has 0 aliphatic heterocycles. The Bertz CT molecular complexity index is 855. The van der Waals surface area contributed by atoms with E-state index in [0.29, 0.717) is 0 Å². The van der Waals surface area contributed by atoms with Crippen molar-refractivity contribution >= 4 is 23.6 Å². The van der Waals surface area contributed by atoms with Gasteiger partial charge in [-0.05, 0) is 51.8 Å². The first-order valence-electron chi connectivity index (χ1n) is 8.53. The first-order chi connectivity index (χ1) is 12.2. The summed E-state index contributed by atoms with van der Waals surface area (Å²) in [6, 6.07) is 4.03. The topological polar surface area (TPSA) is 76.0 Å². The first-order valence-corrected chi connectivity index (χ1v) is 8.53. The number of amides is 2. The van der Waals surface area contributed by atoms with Crippen molar-refractivity contribution in [2.24, 2.45) is 7.05 Å². The summed E-state index contributed by atoms with van der Waals surface area (Å²) in [5, 5.41) is 9.77. The summed E-state index contributed by atoms with van der Waals surface area (Å²) >= 11 is 0. The summed E-state index contributed by atoms with van der Waals surface area (Å²) in [4.78, 5) is 24.1. The smallest absolute Gasteiger partial charge is 0.244 e. The average molecular weight is 354 g/mol. The number of nitrogens with one attached hydrogen (secondary N) is 2. The number of carbonyl (C=O) groups is 2. The minimum atomic E-state index is -0.319. The first kappa shape index (κ1) is 19.4. The van der Waals surface area contributed by atoms with Crippen LogP contribution in [0.4, 0.5) is 5.69 Å². The summed E-state index contributed by atoms with van der Waals surface area (Å²) in [5.74, 6) is -0.573. The maximum Gasteiger partial charge on any atom is 0.244 e. The molecule has 1 heterocycles. The van der Waals surface area contributed by atoms with E-state index in [4.69, 9.17) is 0 Å². The predicted octanol–water partition coefficient (Wildman–Crippen LogP) is 2.73. The molecule has 6 heteroatoms. The van der Waals surface area contributed by atoms with Crippen LogP contribution in [0.3, 0.4) is 0 Å². The number of aryl methyl sites for hydroxylation is 5. The number of benzene rings is 1. The lowest BCUT2D eigenvalue weighted by atomic mass is 10.1. The van der Waals surface area contributed by atoms with Crippen molar-refractivity contribution < 1.29 is 9.59 Å². The molecule has 0 saturated heterocycles. The molecule has 26 heavy (non-hydrogen) atoms. The molecule has 1 aromatic carbocycles. The van der Waals surface area contributed by atoms with E-state index >= 15 is 0 Å². The second-order valence-electron chi connectivity index (χ2n) is 6.58. The van der Waals surface area contributed by atoms with Crippen molar-refractivity contribution in [3.8, 4) is 0 Å². The molecule has 6 nitrogen and oxygen atoms in total. The van der Waals surface area contributed by atoms with E-state index in [2.05, 4.69) is 15.7 Å². The molecule has 0 saturated carbocycles. The Morgan fingerprint density at radius 2 is 1.73 bits per heavy atom. The van der Waals surface area contributed by atoms with Crippen molar-refractivity contribution in [1.29, 1.82) is 0 Å². The summed E-state index contributed by atoms with van der Waals surface area (Å²) < 4.78 is 1.77. The van der Waals surface area contributed by atoms with Gasteiger partial charge in [-0.1, -0.05) is 17.7 Å². The molecule has 138 valence electrons. The SMILES string of the molecule is Cc1cc(C)c(NC(=O)CNC(=O)/C=C/c2c(C)nn(C)c2C)c(C)c1. The maximum absolute atomic E-state index is 12.1. The normalized spacial score (nSPS) is 11.0. The van der Waals surface area contributed by atoms with Crippen molar-refractivity contribution in [2.75, 3.05) is 11.9 Å². The Labute approximate surface area is 154 Å². The molecule has 0 atom stereocenters. The van der Waals surface area contributed by atoms with Gasteiger partial charge in [0.2, 0.25) is 11.8 Å². The standard InChI is InChI=1S/C20H26N4O2/c1-12-9-13(2)20(14(3)10-12)22-19(26)11-21-18(25)8-7-17-15(4)23-24(6)16(17)5/h7-10H,11H2,1-6H3,(H,21,25)(H,22,26)/b8-7+. The zero-order chi connectivity index (χ0) is 19.4. The average Bonchev–Trinajstić information content (AvgIpc) is 2.79. The summed E-state index contributed by atoms with van der Waals surface area (Å²) in [5.41, 5.74) is 6.71. The molecule has 2 N–H and O–H groups in total. The molecule has 0 aliphatic carbocycles. The van der Waals surface area contributed by atoms with E-state index in [1.165, 1.54) is 6.08 Å². The molecule has 0 aliphatic rings. The van der Waals surface area contributed by atoms with Crippen LogP contribution in [0.1, 0.15) is 33.6 Å². The van der Waals surface area contributed by atoms with Crippen LogP contribution < -0.4 is 10.6 Å². The Hall–Kier alpha value is -2.89. The molecule has 0 bridgehead atoms. The van der Waals surface area contributed by atoms with E-state index < -0.39 is 0 Å². The van der Waals surface area contributed by atoms with Gasteiger partial charge in [0.25, 0.3) is 0 Å². The summed E-state index contributed by atoms with van der Waals surface area (Å²) in [6.45, 7) is 9.68. The molecule has 2 aromatic rings. The largest absolute Gasteiger partial charge is 0.343 e. The Kier molecular flexibility index (Phi) is 5.97. The monoisotopic (exact) mass is 354 g/mol. The third-order valence-electron chi connectivity index (χ3n) is 4.33. The third-order valence-corrected chi connectivity index (χ3v) is 4.33. The number of carbonyl (C=O) groups excluding carboxylic acids is 2. The third kappa shape index (κ3) is 4.59. The van der Waals surface area contributed by atoms with E-state index in [1.807, 2.05) is 53.8 Å². The van der Waals surface area contributed by atoms with Gasteiger partial charge in [0.15, 0.2) is 0 Å². The fourth-order valence-corrected chi connectivity index (χ4v) is 2.98. The fraction of sp³-hybridized carbons (Fsp3) is 0.350. The Balaban J connectivity index is 1.93. The minimum Gasteiger partial charge on any atom is -0.343 e. The number of hydrogen-bond acceptors (Lipinski definition) is 3. The van der Waals surface area contributed by atoms with Crippen LogP contribution in [0.15, 0.2) is 18.2 Å². The zero-order valence-electron chi connectivity index (χ0n) is 16.2. The molecule has 0 radical (unpaired) electrons. The molecule has 0 fully saturated rings. The van der Waals surface area contributed by atoms with Crippen LogP contribution in [0, 0.1) is 34.6 Å². The molecular weight excluding hydrogens is 328 g/mol. The highest BCUT2D eigenvalue weighted by Crippen LogP contribution is 2.21. The molecule has 0 unspecified atom stereocenters. The lowest BCUT2D eigenvalue weighted by Crippen LogP contribution is -2.32. The van der Waals surface area contributed by atoms with Crippen molar-refractivity contribution in [2.45, 2.75) is 34.6 Å². The van der Waals surface area contributed by atoms with Gasteiger partial charge in [-0.25, -0.2) is 0 Å². The Morgan fingerprint density at radius 1 is 1.12 bits per heavy atom. The van der Waals surface area contributed by atoms with Gasteiger partial charge >= 0.3 is 0 Å². The van der Waals surface area contributed by atoms with E-state index in [0.717, 1.165) is 39.3 Å². The van der Waals surface area contributed by atoms with Gasteiger partial charge in [-0.2, -0.15) is 5.10 Å². The van der Waals surface area contributed by atoms with E-state index in [9.17, 15) is 9.59 Å². The quantitative estimate of drug-likeness (QED) is 0.811.